The van der Waals surface area contributed by atoms with Crippen LogP contribution in [-0.2, 0) is 19.0 Å². The molecule has 1 aromatic carbocycles. The fourth-order valence-corrected chi connectivity index (χ4v) is 4.04. The van der Waals surface area contributed by atoms with Gasteiger partial charge in [0.1, 0.15) is 12.4 Å². The van der Waals surface area contributed by atoms with Gasteiger partial charge in [0.25, 0.3) is 0 Å². The molecule has 1 aliphatic rings. The molecular formula is C27H45NO8. The molecule has 1 saturated heterocycles. The van der Waals surface area contributed by atoms with Crippen molar-refractivity contribution in [3.8, 4) is 17.2 Å². The molecule has 1 aromatic rings. The fraction of sp³-hybridized carbons (Fsp3) is 0.741. The highest BCUT2D eigenvalue weighted by molar-refractivity contribution is 5.68. The molecule has 9 nitrogen and oxygen atoms in total. The maximum Gasteiger partial charge on any atom is 0.305 e. The van der Waals surface area contributed by atoms with Crippen molar-refractivity contribution in [3.63, 3.8) is 0 Å². The van der Waals surface area contributed by atoms with E-state index in [1.54, 1.807) is 32.4 Å². The lowest BCUT2D eigenvalue weighted by molar-refractivity contribution is -0.166. The number of benzene rings is 1. The van der Waals surface area contributed by atoms with Crippen molar-refractivity contribution in [3.05, 3.63) is 18.2 Å². The zero-order valence-corrected chi connectivity index (χ0v) is 22.2. The van der Waals surface area contributed by atoms with E-state index < -0.39 is 6.10 Å². The minimum Gasteiger partial charge on any atom is -0.497 e. The molecule has 3 atom stereocenters. The van der Waals surface area contributed by atoms with E-state index in [0.717, 1.165) is 58.0 Å². The Morgan fingerprint density at radius 1 is 1.06 bits per heavy atom. The van der Waals surface area contributed by atoms with E-state index >= 15 is 0 Å². The molecule has 1 fully saturated rings. The Balaban J connectivity index is 1.71. The Morgan fingerprint density at radius 3 is 2.61 bits per heavy atom. The first-order valence-corrected chi connectivity index (χ1v) is 13.1. The molecule has 0 saturated carbocycles. The number of methoxy groups -OCH3 is 3. The first-order chi connectivity index (χ1) is 17.5. The Morgan fingerprint density at radius 2 is 1.89 bits per heavy atom. The monoisotopic (exact) mass is 511 g/mol. The molecule has 0 radical (unpaired) electrons. The normalized spacial score (nSPS) is 17.3. The average molecular weight is 512 g/mol. The van der Waals surface area contributed by atoms with Gasteiger partial charge in [-0.3, -0.25) is 4.79 Å². The number of unbranched alkanes of at least 4 members (excludes halogenated alkanes) is 3. The Hall–Kier alpha value is -2.07. The number of carbonyl (C=O) groups excluding carboxylic acids is 1. The van der Waals surface area contributed by atoms with Crippen molar-refractivity contribution in [1.29, 1.82) is 0 Å². The molecule has 2 rings (SSSR count). The maximum atomic E-state index is 11.2. The number of aliphatic hydroxyl groups is 1. The molecule has 0 bridgehead atoms. The summed E-state index contributed by atoms with van der Waals surface area (Å²) in [7, 11) is 4.59. The number of rotatable bonds is 19. The topological polar surface area (TPSA) is 105 Å². The highest BCUT2D eigenvalue weighted by Gasteiger charge is 2.18. The second-order valence-corrected chi connectivity index (χ2v) is 9.08. The van der Waals surface area contributed by atoms with Gasteiger partial charge in [-0.25, -0.2) is 0 Å². The van der Waals surface area contributed by atoms with E-state index in [-0.39, 0.29) is 24.9 Å². The summed E-state index contributed by atoms with van der Waals surface area (Å²) in [4.78, 5) is 11.2. The van der Waals surface area contributed by atoms with Crippen molar-refractivity contribution in [1.82, 2.24) is 5.32 Å². The van der Waals surface area contributed by atoms with Gasteiger partial charge in [-0.2, -0.15) is 0 Å². The van der Waals surface area contributed by atoms with Crippen LogP contribution >= 0.6 is 0 Å². The molecule has 36 heavy (non-hydrogen) atoms. The molecule has 9 heteroatoms. The van der Waals surface area contributed by atoms with Crippen LogP contribution in [0.25, 0.3) is 0 Å². The van der Waals surface area contributed by atoms with Crippen LogP contribution in [0.4, 0.5) is 0 Å². The summed E-state index contributed by atoms with van der Waals surface area (Å²) in [6, 6.07) is 5.49. The van der Waals surface area contributed by atoms with Gasteiger partial charge in [0.15, 0.2) is 17.8 Å². The second-order valence-electron chi connectivity index (χ2n) is 9.08. The molecule has 0 amide bonds. The van der Waals surface area contributed by atoms with Crippen LogP contribution < -0.4 is 19.5 Å². The minimum atomic E-state index is -0.620. The molecule has 0 aromatic heterocycles. The van der Waals surface area contributed by atoms with Crippen molar-refractivity contribution in [2.75, 3.05) is 47.7 Å². The summed E-state index contributed by atoms with van der Waals surface area (Å²) in [6.07, 6.45) is 8.34. The summed E-state index contributed by atoms with van der Waals surface area (Å²) in [5, 5.41) is 14.0. The minimum absolute atomic E-state index is 0.124. The molecule has 0 aliphatic carbocycles. The highest BCUT2D eigenvalue weighted by atomic mass is 16.7. The lowest BCUT2D eigenvalue weighted by Gasteiger charge is -2.26. The van der Waals surface area contributed by atoms with Gasteiger partial charge in [0.2, 0.25) is 0 Å². The van der Waals surface area contributed by atoms with E-state index in [4.69, 9.17) is 28.4 Å². The molecular weight excluding hydrogens is 466 g/mol. The van der Waals surface area contributed by atoms with Gasteiger partial charge in [0.05, 0.1) is 34.0 Å². The molecule has 206 valence electrons. The molecule has 0 spiro atoms. The van der Waals surface area contributed by atoms with Crippen molar-refractivity contribution in [2.45, 2.75) is 82.6 Å². The largest absolute Gasteiger partial charge is 0.497 e. The van der Waals surface area contributed by atoms with Crippen LogP contribution in [0.15, 0.2) is 18.2 Å². The third kappa shape index (κ3) is 12.3. The van der Waals surface area contributed by atoms with Gasteiger partial charge in [0, 0.05) is 25.1 Å². The summed E-state index contributed by atoms with van der Waals surface area (Å²) >= 11 is 0. The first-order valence-electron chi connectivity index (χ1n) is 13.1. The summed E-state index contributed by atoms with van der Waals surface area (Å²) in [5.41, 5.74) is 0. The van der Waals surface area contributed by atoms with E-state index in [0.29, 0.717) is 43.2 Å². The van der Waals surface area contributed by atoms with Gasteiger partial charge in [-0.05, 0) is 57.2 Å². The maximum absolute atomic E-state index is 11.2. The lowest BCUT2D eigenvalue weighted by Crippen LogP contribution is -2.38. The van der Waals surface area contributed by atoms with E-state index in [9.17, 15) is 9.90 Å². The first kappa shape index (κ1) is 30.2. The summed E-state index contributed by atoms with van der Waals surface area (Å²) < 4.78 is 32.7. The summed E-state index contributed by atoms with van der Waals surface area (Å²) in [5.74, 6) is 1.66. The Kier molecular flexibility index (Phi) is 15.3. The van der Waals surface area contributed by atoms with Gasteiger partial charge < -0.3 is 38.8 Å². The van der Waals surface area contributed by atoms with E-state index in [1.165, 1.54) is 7.11 Å². The van der Waals surface area contributed by atoms with Crippen LogP contribution in [0.2, 0.25) is 0 Å². The smallest absolute Gasteiger partial charge is 0.305 e. The predicted molar refractivity (Wildman–Crippen MR) is 137 cm³/mol. The quantitative estimate of drug-likeness (QED) is 0.212. The predicted octanol–water partition coefficient (Wildman–Crippen LogP) is 3.85. The van der Waals surface area contributed by atoms with Crippen molar-refractivity contribution in [2.24, 2.45) is 0 Å². The van der Waals surface area contributed by atoms with E-state index in [2.05, 4.69) is 5.32 Å². The van der Waals surface area contributed by atoms with Crippen LogP contribution in [0.5, 0.6) is 17.2 Å². The van der Waals surface area contributed by atoms with Gasteiger partial charge in [-0.15, -0.1) is 0 Å². The number of ether oxygens (including phenoxy) is 6. The van der Waals surface area contributed by atoms with Crippen molar-refractivity contribution < 1.29 is 38.3 Å². The molecule has 1 heterocycles. The molecule has 2 N–H and O–H groups in total. The van der Waals surface area contributed by atoms with Crippen LogP contribution in [-0.4, -0.2) is 77.2 Å². The molecule has 3 unspecified atom stereocenters. The van der Waals surface area contributed by atoms with Crippen LogP contribution in [0.3, 0.4) is 0 Å². The average Bonchev–Trinajstić information content (AvgIpc) is 2.92. The van der Waals surface area contributed by atoms with Crippen LogP contribution in [0, 0.1) is 0 Å². The zero-order chi connectivity index (χ0) is 26.0. The third-order valence-corrected chi connectivity index (χ3v) is 6.24. The summed E-state index contributed by atoms with van der Waals surface area (Å²) in [6.45, 7) is 2.14. The van der Waals surface area contributed by atoms with E-state index in [1.807, 2.05) is 0 Å². The van der Waals surface area contributed by atoms with Gasteiger partial charge >= 0.3 is 5.97 Å². The number of aliphatic hydroxyl groups excluding tert-OH is 1. The number of hydrogen-bond donors (Lipinski definition) is 2. The van der Waals surface area contributed by atoms with Gasteiger partial charge in [-0.1, -0.05) is 19.3 Å². The number of esters is 1. The Bertz CT molecular complexity index is 726. The highest BCUT2D eigenvalue weighted by Crippen LogP contribution is 2.31. The standard InChI is InChI=1S/C27H45NO8/c1-31-23-13-14-24(25(18-23)32-2)35-20-22(29)15-16-28-21(19-36-27-12-8-9-17-34-27)10-6-4-5-7-11-26(30)33-3/h13-14,18,21-22,27-29H,4-12,15-17,19-20H2,1-3H3. The second kappa shape index (κ2) is 18.2. The number of hydrogen-bond acceptors (Lipinski definition) is 9. The van der Waals surface area contributed by atoms with Crippen LogP contribution in [0.1, 0.15) is 64.2 Å². The molecule has 1 aliphatic heterocycles. The SMILES string of the molecule is COC(=O)CCCCCCC(COC1CCCCO1)NCCC(O)COc1ccc(OC)cc1OC. The number of carbonyl (C=O) groups is 1. The number of nitrogens with one attached hydrogen (secondary N) is 1. The fourth-order valence-electron chi connectivity index (χ4n) is 4.04. The lowest BCUT2D eigenvalue weighted by atomic mass is 10.1. The Labute approximate surface area is 215 Å². The zero-order valence-electron chi connectivity index (χ0n) is 22.2. The van der Waals surface area contributed by atoms with Crippen molar-refractivity contribution >= 4 is 5.97 Å². The third-order valence-electron chi connectivity index (χ3n) is 6.24.